The molecule has 0 saturated carbocycles. The quantitative estimate of drug-likeness (QED) is 0.638. The first-order valence-electron chi connectivity index (χ1n) is 6.42. The van der Waals surface area contributed by atoms with Gasteiger partial charge in [0.15, 0.2) is 5.78 Å². The van der Waals surface area contributed by atoms with E-state index >= 15 is 0 Å². The number of hydrogen-bond acceptors (Lipinski definition) is 6. The Kier molecular flexibility index (Phi) is 5.05. The lowest BCUT2D eigenvalue weighted by molar-refractivity contribution is -0.113. The zero-order valence-corrected chi connectivity index (χ0v) is 12.9. The number of carbonyl (C=O) groups is 2. The highest BCUT2D eigenvalue weighted by atomic mass is 32.2. The Morgan fingerprint density at radius 1 is 1.36 bits per heavy atom. The summed E-state index contributed by atoms with van der Waals surface area (Å²) in [5.41, 5.74) is 1.08. The first-order valence-corrected chi connectivity index (χ1v) is 7.41. The van der Waals surface area contributed by atoms with Crippen LogP contribution in [-0.4, -0.2) is 32.6 Å². The maximum atomic E-state index is 11.9. The standard InChI is InChI=1S/C14H14N4O3S/c1-8-13(16-14(21)18-17-8)22-7-12(20)15-11-5-3-4-10(6-11)9(2)19/h3-6H,7H2,1-2H3,(H,15,20)(H,16,18,21). The van der Waals surface area contributed by atoms with Crippen molar-refractivity contribution in [3.8, 4) is 0 Å². The fourth-order valence-corrected chi connectivity index (χ4v) is 2.40. The molecular weight excluding hydrogens is 304 g/mol. The molecule has 22 heavy (non-hydrogen) atoms. The van der Waals surface area contributed by atoms with Gasteiger partial charge in [0.25, 0.3) is 0 Å². The van der Waals surface area contributed by atoms with E-state index in [4.69, 9.17) is 0 Å². The molecule has 2 N–H and O–H groups in total. The number of nitrogens with zero attached hydrogens (tertiary/aromatic N) is 2. The minimum Gasteiger partial charge on any atom is -0.325 e. The topological polar surface area (TPSA) is 105 Å². The van der Waals surface area contributed by atoms with Gasteiger partial charge in [0.1, 0.15) is 5.03 Å². The van der Waals surface area contributed by atoms with E-state index in [1.54, 1.807) is 31.2 Å². The van der Waals surface area contributed by atoms with Gasteiger partial charge in [-0.2, -0.15) is 10.1 Å². The van der Waals surface area contributed by atoms with Crippen molar-refractivity contribution in [2.75, 3.05) is 11.1 Å². The van der Waals surface area contributed by atoms with Crippen LogP contribution in [0.2, 0.25) is 0 Å². The minimum absolute atomic E-state index is 0.0696. The number of thioether (sulfide) groups is 1. The van der Waals surface area contributed by atoms with Crippen molar-refractivity contribution in [1.82, 2.24) is 15.2 Å². The molecule has 1 amide bonds. The number of aryl methyl sites for hydroxylation is 1. The van der Waals surface area contributed by atoms with Crippen LogP contribution in [0.4, 0.5) is 5.69 Å². The van der Waals surface area contributed by atoms with Crippen LogP contribution >= 0.6 is 11.8 Å². The number of ketones is 1. The molecule has 0 bridgehead atoms. The first kappa shape index (κ1) is 15.9. The van der Waals surface area contributed by atoms with E-state index in [1.165, 1.54) is 6.92 Å². The van der Waals surface area contributed by atoms with Crippen LogP contribution < -0.4 is 11.0 Å². The largest absolute Gasteiger partial charge is 0.362 e. The van der Waals surface area contributed by atoms with Crippen molar-refractivity contribution in [2.45, 2.75) is 18.9 Å². The van der Waals surface area contributed by atoms with E-state index in [9.17, 15) is 14.4 Å². The third-order valence-corrected chi connectivity index (χ3v) is 3.79. The van der Waals surface area contributed by atoms with E-state index in [2.05, 4.69) is 20.5 Å². The van der Waals surface area contributed by atoms with Crippen molar-refractivity contribution >= 4 is 29.1 Å². The average molecular weight is 318 g/mol. The van der Waals surface area contributed by atoms with Gasteiger partial charge in [-0.15, -0.1) is 0 Å². The van der Waals surface area contributed by atoms with Gasteiger partial charge in [0.05, 0.1) is 11.4 Å². The van der Waals surface area contributed by atoms with Crippen LogP contribution in [0.1, 0.15) is 23.0 Å². The van der Waals surface area contributed by atoms with Gasteiger partial charge in [-0.3, -0.25) is 9.59 Å². The summed E-state index contributed by atoms with van der Waals surface area (Å²) in [6.07, 6.45) is 0. The van der Waals surface area contributed by atoms with Crippen molar-refractivity contribution in [3.63, 3.8) is 0 Å². The van der Waals surface area contributed by atoms with E-state index in [-0.39, 0.29) is 17.4 Å². The summed E-state index contributed by atoms with van der Waals surface area (Å²) in [6.45, 7) is 3.16. The van der Waals surface area contributed by atoms with Crippen molar-refractivity contribution < 1.29 is 9.59 Å². The molecule has 0 aliphatic heterocycles. The predicted octanol–water partition coefficient (Wildman–Crippen LogP) is 1.41. The van der Waals surface area contributed by atoms with Crippen LogP contribution in [0.15, 0.2) is 34.1 Å². The van der Waals surface area contributed by atoms with Gasteiger partial charge in [0.2, 0.25) is 5.91 Å². The van der Waals surface area contributed by atoms with E-state index in [1.807, 2.05) is 0 Å². The lowest BCUT2D eigenvalue weighted by Gasteiger charge is -2.06. The number of Topliss-reactive ketones (excluding diaryl/α,β-unsaturated/α-hetero) is 1. The molecule has 0 atom stereocenters. The van der Waals surface area contributed by atoms with Crippen LogP contribution in [0.5, 0.6) is 0 Å². The summed E-state index contributed by atoms with van der Waals surface area (Å²) in [5, 5.41) is 9.11. The molecule has 1 aromatic heterocycles. The fourth-order valence-electron chi connectivity index (χ4n) is 1.66. The molecule has 1 aromatic carbocycles. The van der Waals surface area contributed by atoms with Gasteiger partial charge in [0, 0.05) is 11.3 Å². The molecule has 2 aromatic rings. The molecule has 2 rings (SSSR count). The summed E-state index contributed by atoms with van der Waals surface area (Å²) in [4.78, 5) is 38.1. The number of anilines is 1. The first-order chi connectivity index (χ1) is 10.5. The van der Waals surface area contributed by atoms with Crippen molar-refractivity contribution in [3.05, 3.63) is 46.0 Å². The molecule has 0 aliphatic rings. The number of carbonyl (C=O) groups excluding carboxylic acids is 2. The molecule has 1 heterocycles. The van der Waals surface area contributed by atoms with Gasteiger partial charge in [-0.05, 0) is 26.0 Å². The lowest BCUT2D eigenvalue weighted by atomic mass is 10.1. The molecule has 0 aliphatic carbocycles. The maximum Gasteiger partial charge on any atom is 0.362 e. The average Bonchev–Trinajstić information content (AvgIpc) is 2.48. The van der Waals surface area contributed by atoms with Crippen LogP contribution in [0.3, 0.4) is 0 Å². The summed E-state index contributed by atoms with van der Waals surface area (Å²) in [5.74, 6) is -0.240. The zero-order valence-electron chi connectivity index (χ0n) is 12.0. The highest BCUT2D eigenvalue weighted by molar-refractivity contribution is 8.00. The van der Waals surface area contributed by atoms with Crippen LogP contribution in [-0.2, 0) is 4.79 Å². The Hall–Kier alpha value is -2.48. The molecule has 8 heteroatoms. The summed E-state index contributed by atoms with van der Waals surface area (Å²) in [7, 11) is 0. The van der Waals surface area contributed by atoms with Gasteiger partial charge < -0.3 is 5.32 Å². The fraction of sp³-hybridized carbons (Fsp3) is 0.214. The highest BCUT2D eigenvalue weighted by Crippen LogP contribution is 2.17. The molecule has 0 radical (unpaired) electrons. The number of benzene rings is 1. The third-order valence-electron chi connectivity index (χ3n) is 2.72. The predicted molar refractivity (Wildman–Crippen MR) is 83.2 cm³/mol. The molecule has 7 nitrogen and oxygen atoms in total. The number of rotatable bonds is 5. The second kappa shape index (κ2) is 6.99. The number of hydrogen-bond donors (Lipinski definition) is 2. The Morgan fingerprint density at radius 2 is 2.14 bits per heavy atom. The summed E-state index contributed by atoms with van der Waals surface area (Å²) >= 11 is 1.13. The molecule has 0 unspecified atom stereocenters. The summed E-state index contributed by atoms with van der Waals surface area (Å²) in [6, 6.07) is 6.70. The van der Waals surface area contributed by atoms with Crippen molar-refractivity contribution in [1.29, 1.82) is 0 Å². The van der Waals surface area contributed by atoms with Crippen LogP contribution in [0, 0.1) is 6.92 Å². The molecule has 0 saturated heterocycles. The molecule has 114 valence electrons. The Bertz CT molecular complexity index is 773. The smallest absolute Gasteiger partial charge is 0.325 e. The van der Waals surface area contributed by atoms with Gasteiger partial charge in [-0.1, -0.05) is 23.9 Å². The second-order valence-electron chi connectivity index (χ2n) is 4.50. The summed E-state index contributed by atoms with van der Waals surface area (Å²) < 4.78 is 0. The Labute approximate surface area is 130 Å². The normalized spacial score (nSPS) is 10.3. The molecule has 0 fully saturated rings. The number of nitrogens with one attached hydrogen (secondary N) is 2. The maximum absolute atomic E-state index is 11.9. The van der Waals surface area contributed by atoms with Crippen LogP contribution in [0.25, 0.3) is 0 Å². The van der Waals surface area contributed by atoms with E-state index in [0.717, 1.165) is 11.8 Å². The second-order valence-corrected chi connectivity index (χ2v) is 5.47. The molecular formula is C14H14N4O3S. The minimum atomic E-state index is -0.553. The number of aromatic amines is 1. The monoisotopic (exact) mass is 318 g/mol. The van der Waals surface area contributed by atoms with E-state index < -0.39 is 5.69 Å². The van der Waals surface area contributed by atoms with Crippen molar-refractivity contribution in [2.24, 2.45) is 0 Å². The van der Waals surface area contributed by atoms with E-state index in [0.29, 0.717) is 22.0 Å². The number of H-pyrrole nitrogens is 1. The SMILES string of the molecule is CC(=O)c1cccc(NC(=O)CSc2nc(=O)[nH]nc2C)c1. The molecule has 0 spiro atoms. The lowest BCUT2D eigenvalue weighted by Crippen LogP contribution is -2.17. The van der Waals surface area contributed by atoms with Gasteiger partial charge >= 0.3 is 5.69 Å². The number of amides is 1. The van der Waals surface area contributed by atoms with Gasteiger partial charge in [-0.25, -0.2) is 9.89 Å². The Balaban J connectivity index is 1.98. The Morgan fingerprint density at radius 3 is 2.86 bits per heavy atom. The highest BCUT2D eigenvalue weighted by Gasteiger charge is 2.09. The number of aromatic nitrogens is 3. The third kappa shape index (κ3) is 4.26. The zero-order chi connectivity index (χ0) is 16.1.